The Morgan fingerprint density at radius 1 is 1.39 bits per heavy atom. The van der Waals surface area contributed by atoms with E-state index in [-0.39, 0.29) is 12.5 Å². The van der Waals surface area contributed by atoms with Crippen LogP contribution in [0.2, 0.25) is 0 Å². The monoisotopic (exact) mass is 253 g/mol. The van der Waals surface area contributed by atoms with Crippen LogP contribution in [0.25, 0.3) is 0 Å². The van der Waals surface area contributed by atoms with Crippen molar-refractivity contribution in [3.05, 3.63) is 24.4 Å². The number of hydrogen-bond donors (Lipinski definition) is 1. The first-order chi connectivity index (χ1) is 8.38. The van der Waals surface area contributed by atoms with Gasteiger partial charge in [0.05, 0.1) is 6.10 Å². The third-order valence-corrected chi connectivity index (χ3v) is 1.99. The lowest BCUT2D eigenvalue weighted by atomic mass is 10.3. The van der Waals surface area contributed by atoms with Gasteiger partial charge in [0.2, 0.25) is 0 Å². The molecule has 6 heteroatoms. The molecule has 1 N–H and O–H groups in total. The molecule has 0 radical (unpaired) electrons. The van der Waals surface area contributed by atoms with Crippen LogP contribution in [0, 0.1) is 0 Å². The summed E-state index contributed by atoms with van der Waals surface area (Å²) in [6.45, 7) is 6.94. The fourth-order valence-electron chi connectivity index (χ4n) is 1.30. The van der Waals surface area contributed by atoms with Crippen LogP contribution in [0.4, 0.5) is 0 Å². The molecule has 0 bridgehead atoms. The first kappa shape index (κ1) is 14.0. The molecule has 98 valence electrons. The number of ether oxygens (including phenoxy) is 2. The molecule has 0 spiro atoms. The van der Waals surface area contributed by atoms with Gasteiger partial charge in [-0.1, -0.05) is 6.58 Å². The Bertz CT molecular complexity index is 411. The Labute approximate surface area is 105 Å². The first-order valence-corrected chi connectivity index (χ1v) is 5.46. The van der Waals surface area contributed by atoms with Gasteiger partial charge in [0.1, 0.15) is 0 Å². The molecule has 18 heavy (non-hydrogen) atoms. The smallest absolute Gasteiger partial charge is 0.331 e. The van der Waals surface area contributed by atoms with Crippen molar-refractivity contribution in [3.8, 4) is 0 Å². The number of carbonyl (C=O) groups excluding carboxylic acids is 3. The molecule has 1 fully saturated rings. The van der Waals surface area contributed by atoms with Crippen LogP contribution < -0.4 is 5.32 Å². The summed E-state index contributed by atoms with van der Waals surface area (Å²) in [4.78, 5) is 33.7. The predicted octanol–water partition coefficient (Wildman–Crippen LogP) is 0.440. The van der Waals surface area contributed by atoms with E-state index in [1.165, 1.54) is 0 Å². The zero-order valence-corrected chi connectivity index (χ0v) is 10.3. The third-order valence-electron chi connectivity index (χ3n) is 1.99. The number of amides is 1. The van der Waals surface area contributed by atoms with Gasteiger partial charge in [-0.2, -0.15) is 0 Å². The van der Waals surface area contributed by atoms with Crippen LogP contribution in [0.15, 0.2) is 24.4 Å². The van der Waals surface area contributed by atoms with Crippen LogP contribution in [0.5, 0.6) is 0 Å². The molecule has 6 nitrogen and oxygen atoms in total. The SMILES string of the molecule is C=C1CC(OC(=O)/C=C/C(=O)OC(C)C)C(=O)N1. The Hall–Kier alpha value is -2.11. The summed E-state index contributed by atoms with van der Waals surface area (Å²) in [7, 11) is 0. The van der Waals surface area contributed by atoms with Crippen LogP contribution >= 0.6 is 0 Å². The van der Waals surface area contributed by atoms with E-state index in [9.17, 15) is 14.4 Å². The highest BCUT2D eigenvalue weighted by molar-refractivity contribution is 5.94. The predicted molar refractivity (Wildman–Crippen MR) is 62.1 cm³/mol. The fraction of sp³-hybridized carbons (Fsp3) is 0.417. The maximum atomic E-state index is 11.3. The highest BCUT2D eigenvalue weighted by atomic mass is 16.6. The molecule has 1 rings (SSSR count). The third kappa shape index (κ3) is 4.40. The summed E-state index contributed by atoms with van der Waals surface area (Å²) in [5.41, 5.74) is 0.501. The van der Waals surface area contributed by atoms with Gasteiger partial charge < -0.3 is 14.8 Å². The van der Waals surface area contributed by atoms with Crippen molar-refractivity contribution in [2.45, 2.75) is 32.5 Å². The molecular formula is C12H15NO5. The van der Waals surface area contributed by atoms with Crippen LogP contribution in [0.1, 0.15) is 20.3 Å². The summed E-state index contributed by atoms with van der Waals surface area (Å²) in [6, 6.07) is 0. The van der Waals surface area contributed by atoms with Gasteiger partial charge in [-0.25, -0.2) is 9.59 Å². The van der Waals surface area contributed by atoms with Crippen molar-refractivity contribution in [2.24, 2.45) is 0 Å². The van der Waals surface area contributed by atoms with Gasteiger partial charge in [0.15, 0.2) is 6.10 Å². The van der Waals surface area contributed by atoms with E-state index >= 15 is 0 Å². The molecule has 1 heterocycles. The van der Waals surface area contributed by atoms with Gasteiger partial charge in [-0.3, -0.25) is 4.79 Å². The van der Waals surface area contributed by atoms with E-state index in [1.807, 2.05) is 0 Å². The number of carbonyl (C=O) groups is 3. The van der Waals surface area contributed by atoms with Crippen molar-refractivity contribution in [1.82, 2.24) is 5.32 Å². The van der Waals surface area contributed by atoms with Crippen LogP contribution in [-0.2, 0) is 23.9 Å². The summed E-state index contributed by atoms with van der Waals surface area (Å²) < 4.78 is 9.62. The molecule has 1 atom stereocenters. The molecule has 0 aliphatic carbocycles. The normalized spacial score (nSPS) is 19.2. The lowest BCUT2D eigenvalue weighted by Gasteiger charge is -2.06. The Morgan fingerprint density at radius 2 is 2.00 bits per heavy atom. The zero-order valence-electron chi connectivity index (χ0n) is 10.3. The maximum Gasteiger partial charge on any atom is 0.331 e. The molecular weight excluding hydrogens is 238 g/mol. The topological polar surface area (TPSA) is 81.7 Å². The van der Waals surface area contributed by atoms with Gasteiger partial charge >= 0.3 is 11.9 Å². The van der Waals surface area contributed by atoms with E-state index in [2.05, 4.69) is 11.9 Å². The maximum absolute atomic E-state index is 11.3. The second kappa shape index (κ2) is 6.00. The van der Waals surface area contributed by atoms with E-state index in [0.717, 1.165) is 12.2 Å². The lowest BCUT2D eigenvalue weighted by molar-refractivity contribution is -0.149. The molecule has 1 saturated heterocycles. The van der Waals surface area contributed by atoms with Gasteiger partial charge in [-0.05, 0) is 13.8 Å². The molecule has 0 aromatic heterocycles. The lowest BCUT2D eigenvalue weighted by Crippen LogP contribution is -2.26. The largest absolute Gasteiger partial charge is 0.460 e. The second-order valence-electron chi connectivity index (χ2n) is 4.04. The average Bonchev–Trinajstić information content (AvgIpc) is 2.53. The molecule has 1 amide bonds. The molecule has 0 saturated carbocycles. The number of rotatable bonds is 4. The van der Waals surface area contributed by atoms with Crippen molar-refractivity contribution >= 4 is 17.8 Å². The molecule has 1 aliphatic rings. The summed E-state index contributed by atoms with van der Waals surface area (Å²) in [5.74, 6) is -1.82. The van der Waals surface area contributed by atoms with E-state index in [1.54, 1.807) is 13.8 Å². The minimum Gasteiger partial charge on any atom is -0.460 e. The summed E-state index contributed by atoms with van der Waals surface area (Å²) in [5, 5.41) is 2.44. The molecule has 0 aromatic carbocycles. The quantitative estimate of drug-likeness (QED) is 0.580. The highest BCUT2D eigenvalue weighted by Crippen LogP contribution is 2.13. The first-order valence-electron chi connectivity index (χ1n) is 5.46. The summed E-state index contributed by atoms with van der Waals surface area (Å²) in [6.07, 6.45) is 0.996. The Balaban J connectivity index is 2.42. The minimum absolute atomic E-state index is 0.245. The molecule has 0 aromatic rings. The van der Waals surface area contributed by atoms with Gasteiger partial charge in [0.25, 0.3) is 5.91 Å². The van der Waals surface area contributed by atoms with Crippen LogP contribution in [-0.4, -0.2) is 30.1 Å². The fourth-order valence-corrected chi connectivity index (χ4v) is 1.30. The Morgan fingerprint density at radius 3 is 2.50 bits per heavy atom. The van der Waals surface area contributed by atoms with Gasteiger partial charge in [-0.15, -0.1) is 0 Å². The van der Waals surface area contributed by atoms with Crippen LogP contribution in [0.3, 0.4) is 0 Å². The van der Waals surface area contributed by atoms with Crippen molar-refractivity contribution in [1.29, 1.82) is 0 Å². The molecule has 1 unspecified atom stereocenters. The van der Waals surface area contributed by atoms with E-state index in [4.69, 9.17) is 9.47 Å². The van der Waals surface area contributed by atoms with Crippen molar-refractivity contribution < 1.29 is 23.9 Å². The second-order valence-corrected chi connectivity index (χ2v) is 4.04. The number of nitrogens with one attached hydrogen (secondary N) is 1. The molecule has 1 aliphatic heterocycles. The Kier molecular flexibility index (Phi) is 4.65. The highest BCUT2D eigenvalue weighted by Gasteiger charge is 2.29. The minimum atomic E-state index is -0.879. The van der Waals surface area contributed by atoms with Gasteiger partial charge in [0, 0.05) is 24.3 Å². The van der Waals surface area contributed by atoms with Crippen molar-refractivity contribution in [3.63, 3.8) is 0 Å². The summed E-state index contributed by atoms with van der Waals surface area (Å²) >= 11 is 0. The average molecular weight is 253 g/mol. The number of hydrogen-bond acceptors (Lipinski definition) is 5. The van der Waals surface area contributed by atoms with Crippen molar-refractivity contribution in [2.75, 3.05) is 0 Å². The standard InChI is InChI=1S/C12H15NO5/c1-7(2)17-10(14)4-5-11(15)18-9-6-8(3)13-12(9)16/h4-5,7,9H,3,6H2,1-2H3,(H,13,16)/b5-4+. The van der Waals surface area contributed by atoms with E-state index < -0.39 is 23.9 Å². The van der Waals surface area contributed by atoms with E-state index in [0.29, 0.717) is 5.70 Å². The zero-order chi connectivity index (χ0) is 13.7. The number of esters is 2.